The highest BCUT2D eigenvalue weighted by Crippen LogP contribution is 2.20. The van der Waals surface area contributed by atoms with E-state index in [1.54, 1.807) is 24.3 Å². The van der Waals surface area contributed by atoms with Gasteiger partial charge in [0.05, 0.1) is 6.04 Å². The highest BCUT2D eigenvalue weighted by molar-refractivity contribution is 7.80. The maximum Gasteiger partial charge on any atom is 0.262 e. The Kier molecular flexibility index (Phi) is 9.51. The number of benzene rings is 2. The summed E-state index contributed by atoms with van der Waals surface area (Å²) in [6.07, 6.45) is 0.434. The lowest BCUT2D eigenvalue weighted by Gasteiger charge is -2.23. The van der Waals surface area contributed by atoms with Gasteiger partial charge in [-0.2, -0.15) is 0 Å². The van der Waals surface area contributed by atoms with Gasteiger partial charge in [0.15, 0.2) is 5.78 Å². The fourth-order valence-electron chi connectivity index (χ4n) is 2.74. The second kappa shape index (κ2) is 11.9. The average molecular weight is 455 g/mol. The first-order valence-electron chi connectivity index (χ1n) is 9.16. The van der Waals surface area contributed by atoms with Crippen LogP contribution in [0.25, 0.3) is 0 Å². The number of carbonyl (C=O) groups excluding carboxylic acids is 1. The summed E-state index contributed by atoms with van der Waals surface area (Å²) in [4.78, 5) is 14.1. The number of ether oxygens (including phenoxy) is 1. The van der Waals surface area contributed by atoms with E-state index in [1.165, 1.54) is 6.92 Å². The van der Waals surface area contributed by atoms with Crippen LogP contribution in [0.3, 0.4) is 0 Å². The number of nitrogens with zero attached hydrogens (tertiary/aromatic N) is 1. The van der Waals surface area contributed by atoms with Crippen molar-refractivity contribution in [2.24, 2.45) is 0 Å². The molecule has 0 saturated heterocycles. The highest BCUT2D eigenvalue weighted by Gasteiger charge is 2.17. The SMILES string of the molecule is CC(=O)[C@H](Cc1ccc(O)cc1)NC(=S)Oc1ccc(N(CCCl)CCCl)cc1. The number of hydrogen-bond donors (Lipinski definition) is 2. The van der Waals surface area contributed by atoms with Crippen LogP contribution in [0.15, 0.2) is 48.5 Å². The number of hydrogen-bond acceptors (Lipinski definition) is 5. The summed E-state index contributed by atoms with van der Waals surface area (Å²) in [5.74, 6) is 1.71. The van der Waals surface area contributed by atoms with Gasteiger partial charge in [0.1, 0.15) is 11.5 Å². The third-order valence-electron chi connectivity index (χ3n) is 4.28. The quantitative estimate of drug-likeness (QED) is 0.415. The number of thiocarbonyl (C=S) groups is 1. The van der Waals surface area contributed by atoms with Crippen molar-refractivity contribution in [2.45, 2.75) is 19.4 Å². The normalized spacial score (nSPS) is 11.6. The fraction of sp³-hybridized carbons (Fsp3) is 0.333. The number of carbonyl (C=O) groups is 1. The molecule has 0 bridgehead atoms. The predicted molar refractivity (Wildman–Crippen MR) is 123 cm³/mol. The van der Waals surface area contributed by atoms with Gasteiger partial charge in [-0.25, -0.2) is 0 Å². The van der Waals surface area contributed by atoms with Crippen LogP contribution < -0.4 is 15.0 Å². The Hall–Kier alpha value is -2.02. The van der Waals surface area contributed by atoms with Crippen LogP contribution in [0.4, 0.5) is 5.69 Å². The van der Waals surface area contributed by atoms with E-state index in [0.717, 1.165) is 11.3 Å². The Morgan fingerprint density at radius 2 is 1.69 bits per heavy atom. The Morgan fingerprint density at radius 3 is 2.21 bits per heavy atom. The Labute approximate surface area is 186 Å². The molecule has 156 valence electrons. The lowest BCUT2D eigenvalue weighted by atomic mass is 10.0. The first-order valence-corrected chi connectivity index (χ1v) is 10.6. The van der Waals surface area contributed by atoms with Crippen molar-refractivity contribution < 1.29 is 14.6 Å². The maximum atomic E-state index is 12.0. The Balaban J connectivity index is 1.97. The summed E-state index contributed by atoms with van der Waals surface area (Å²) in [5.41, 5.74) is 1.90. The molecule has 0 amide bonds. The molecule has 0 unspecified atom stereocenters. The van der Waals surface area contributed by atoms with Gasteiger partial charge >= 0.3 is 0 Å². The third-order valence-corrected chi connectivity index (χ3v) is 4.82. The topological polar surface area (TPSA) is 61.8 Å². The van der Waals surface area contributed by atoms with E-state index in [0.29, 0.717) is 37.0 Å². The number of rotatable bonds is 10. The summed E-state index contributed by atoms with van der Waals surface area (Å²) in [6.45, 7) is 2.90. The standard InChI is InChI=1S/C21H24Cl2N2O3S/c1-15(26)20(14-16-2-6-18(27)7-3-16)24-21(29)28-19-8-4-17(5-9-19)25(12-10-22)13-11-23/h2-9,20,27H,10-14H2,1H3,(H,24,29)/t20-/m0/s1. The molecule has 1 atom stereocenters. The summed E-state index contributed by atoms with van der Waals surface area (Å²) in [7, 11) is 0. The van der Waals surface area contributed by atoms with Gasteiger partial charge < -0.3 is 20.1 Å². The zero-order chi connectivity index (χ0) is 21.2. The molecule has 5 nitrogen and oxygen atoms in total. The van der Waals surface area contributed by atoms with Crippen LogP contribution in [-0.2, 0) is 11.2 Å². The lowest BCUT2D eigenvalue weighted by Crippen LogP contribution is -2.42. The fourth-order valence-corrected chi connectivity index (χ4v) is 3.39. The van der Waals surface area contributed by atoms with Crippen LogP contribution >= 0.6 is 35.4 Å². The molecule has 0 aliphatic rings. The van der Waals surface area contributed by atoms with Crippen molar-refractivity contribution in [1.82, 2.24) is 5.32 Å². The van der Waals surface area contributed by atoms with Crippen molar-refractivity contribution in [3.05, 3.63) is 54.1 Å². The zero-order valence-corrected chi connectivity index (χ0v) is 18.4. The van der Waals surface area contributed by atoms with Gasteiger partial charge in [0, 0.05) is 30.5 Å². The van der Waals surface area contributed by atoms with Crippen molar-refractivity contribution >= 4 is 52.1 Å². The van der Waals surface area contributed by atoms with E-state index in [4.69, 9.17) is 40.2 Å². The summed E-state index contributed by atoms with van der Waals surface area (Å²) < 4.78 is 5.66. The Bertz CT molecular complexity index is 795. The zero-order valence-electron chi connectivity index (χ0n) is 16.1. The number of nitrogens with one attached hydrogen (secondary N) is 1. The van der Waals surface area contributed by atoms with Gasteiger partial charge in [-0.15, -0.1) is 23.2 Å². The van der Waals surface area contributed by atoms with Crippen molar-refractivity contribution in [3.8, 4) is 11.5 Å². The molecular weight excluding hydrogens is 431 g/mol. The van der Waals surface area contributed by atoms with E-state index in [2.05, 4.69) is 10.2 Å². The molecule has 0 fully saturated rings. The van der Waals surface area contributed by atoms with Crippen LogP contribution in [-0.4, -0.2) is 47.0 Å². The largest absolute Gasteiger partial charge is 0.508 e. The summed E-state index contributed by atoms with van der Waals surface area (Å²) in [6, 6.07) is 13.6. The van der Waals surface area contributed by atoms with Crippen molar-refractivity contribution in [2.75, 3.05) is 29.7 Å². The van der Waals surface area contributed by atoms with Crippen LogP contribution in [0.2, 0.25) is 0 Å². The minimum absolute atomic E-state index is 0.0582. The number of halogens is 2. The van der Waals surface area contributed by atoms with E-state index in [9.17, 15) is 9.90 Å². The monoisotopic (exact) mass is 454 g/mol. The molecule has 2 N–H and O–H groups in total. The van der Waals surface area contributed by atoms with Crippen LogP contribution in [0.1, 0.15) is 12.5 Å². The number of Topliss-reactive ketones (excluding diaryl/α,β-unsaturated/α-hetero) is 1. The molecule has 2 aromatic carbocycles. The van der Waals surface area contributed by atoms with E-state index < -0.39 is 6.04 Å². The molecule has 8 heteroatoms. The van der Waals surface area contributed by atoms with Crippen LogP contribution in [0.5, 0.6) is 11.5 Å². The Morgan fingerprint density at radius 1 is 1.10 bits per heavy atom. The molecule has 0 radical (unpaired) electrons. The summed E-state index contributed by atoms with van der Waals surface area (Å²) in [5, 5.41) is 12.5. The number of phenolic OH excluding ortho intramolecular Hbond substituents is 1. The molecule has 2 aromatic rings. The number of alkyl halides is 2. The van der Waals surface area contributed by atoms with Gasteiger partial charge in [-0.05, 0) is 67.5 Å². The molecule has 0 spiro atoms. The van der Waals surface area contributed by atoms with Crippen molar-refractivity contribution in [3.63, 3.8) is 0 Å². The summed E-state index contributed by atoms with van der Waals surface area (Å²) >= 11 is 17.0. The predicted octanol–water partition coefficient (Wildman–Crippen LogP) is 4.13. The molecule has 0 aromatic heterocycles. The molecule has 0 aliphatic heterocycles. The first kappa shape index (κ1) is 23.3. The second-order valence-corrected chi connectivity index (χ2v) is 7.55. The van der Waals surface area contributed by atoms with E-state index >= 15 is 0 Å². The van der Waals surface area contributed by atoms with E-state index in [1.807, 2.05) is 24.3 Å². The number of aromatic hydroxyl groups is 1. The third kappa shape index (κ3) is 7.72. The molecule has 0 heterocycles. The molecular formula is C21H24Cl2N2O3S. The molecule has 0 aliphatic carbocycles. The number of anilines is 1. The van der Waals surface area contributed by atoms with Crippen molar-refractivity contribution in [1.29, 1.82) is 0 Å². The van der Waals surface area contributed by atoms with Gasteiger partial charge in [-0.3, -0.25) is 4.79 Å². The van der Waals surface area contributed by atoms with Gasteiger partial charge in [0.2, 0.25) is 0 Å². The smallest absolute Gasteiger partial charge is 0.262 e. The van der Waals surface area contributed by atoms with Gasteiger partial charge in [0.25, 0.3) is 5.17 Å². The minimum atomic E-state index is -0.519. The second-order valence-electron chi connectivity index (χ2n) is 6.43. The maximum absolute atomic E-state index is 12.0. The molecule has 29 heavy (non-hydrogen) atoms. The molecule has 0 saturated carbocycles. The number of phenols is 1. The van der Waals surface area contributed by atoms with Gasteiger partial charge in [-0.1, -0.05) is 12.1 Å². The first-order chi connectivity index (χ1) is 13.9. The number of ketones is 1. The highest BCUT2D eigenvalue weighted by atomic mass is 35.5. The van der Waals surface area contributed by atoms with Crippen LogP contribution in [0, 0.1) is 0 Å². The minimum Gasteiger partial charge on any atom is -0.508 e. The average Bonchev–Trinajstić information content (AvgIpc) is 2.69. The lowest BCUT2D eigenvalue weighted by molar-refractivity contribution is -0.118. The van der Waals surface area contributed by atoms with E-state index in [-0.39, 0.29) is 16.7 Å². The molecule has 2 rings (SSSR count).